The predicted octanol–water partition coefficient (Wildman–Crippen LogP) is 3.71. The zero-order valence-corrected chi connectivity index (χ0v) is 12.8. The first-order chi connectivity index (χ1) is 9.49. The Bertz CT molecular complexity index is 574. The van der Waals surface area contributed by atoms with Gasteiger partial charge in [0.15, 0.2) is 0 Å². The molecule has 0 radical (unpaired) electrons. The van der Waals surface area contributed by atoms with Crippen LogP contribution in [-0.2, 0) is 9.59 Å². The molecule has 1 aliphatic rings. The second-order valence-corrected chi connectivity index (χ2v) is 5.87. The number of amides is 1. The van der Waals surface area contributed by atoms with Gasteiger partial charge in [0, 0.05) is 10.2 Å². The van der Waals surface area contributed by atoms with E-state index in [2.05, 4.69) is 21.2 Å². The predicted molar refractivity (Wildman–Crippen MR) is 80.8 cm³/mol. The molecule has 4 nitrogen and oxygen atoms in total. The molecule has 0 fully saturated rings. The molecule has 1 amide bonds. The van der Waals surface area contributed by atoms with Crippen LogP contribution in [0.15, 0.2) is 34.8 Å². The molecular formula is C14H13BrClNO3. The molecule has 0 heterocycles. The van der Waals surface area contributed by atoms with Gasteiger partial charge in [-0.15, -0.1) is 0 Å². The van der Waals surface area contributed by atoms with Crippen molar-refractivity contribution >= 4 is 45.1 Å². The highest BCUT2D eigenvalue weighted by Gasteiger charge is 2.33. The maximum Gasteiger partial charge on any atom is 0.307 e. The lowest BCUT2D eigenvalue weighted by atomic mass is 9.82. The SMILES string of the molecule is O=C(O)C1CC=CCC1C(=O)Nc1ccc(Br)c(Cl)c1. The van der Waals surface area contributed by atoms with Gasteiger partial charge >= 0.3 is 5.97 Å². The Morgan fingerprint density at radius 1 is 1.25 bits per heavy atom. The van der Waals surface area contributed by atoms with Gasteiger partial charge in [-0.1, -0.05) is 23.8 Å². The number of carbonyl (C=O) groups excluding carboxylic acids is 1. The molecule has 20 heavy (non-hydrogen) atoms. The standard InChI is InChI=1S/C14H13BrClNO3/c15-11-6-5-8(7-12(11)16)17-13(18)9-3-1-2-4-10(9)14(19)20/h1-2,5-7,9-10H,3-4H2,(H,17,18)(H,19,20). The van der Waals surface area contributed by atoms with Crippen LogP contribution >= 0.6 is 27.5 Å². The van der Waals surface area contributed by atoms with Crippen molar-refractivity contribution in [3.05, 3.63) is 39.8 Å². The summed E-state index contributed by atoms with van der Waals surface area (Å²) >= 11 is 9.23. The second kappa shape index (κ2) is 6.41. The molecule has 0 aliphatic heterocycles. The fourth-order valence-corrected chi connectivity index (χ4v) is 2.61. The van der Waals surface area contributed by atoms with E-state index in [9.17, 15) is 9.59 Å². The fourth-order valence-electron chi connectivity index (χ4n) is 2.19. The second-order valence-electron chi connectivity index (χ2n) is 4.61. The van der Waals surface area contributed by atoms with E-state index in [1.165, 1.54) is 0 Å². The Labute approximate surface area is 129 Å². The highest BCUT2D eigenvalue weighted by molar-refractivity contribution is 9.10. The molecular weight excluding hydrogens is 346 g/mol. The van der Waals surface area contributed by atoms with Crippen LogP contribution < -0.4 is 5.32 Å². The van der Waals surface area contributed by atoms with Crippen LogP contribution in [0.25, 0.3) is 0 Å². The number of rotatable bonds is 3. The summed E-state index contributed by atoms with van der Waals surface area (Å²) in [6, 6.07) is 5.06. The largest absolute Gasteiger partial charge is 0.481 e. The van der Waals surface area contributed by atoms with Crippen molar-refractivity contribution in [1.82, 2.24) is 0 Å². The Morgan fingerprint density at radius 2 is 1.90 bits per heavy atom. The molecule has 0 bridgehead atoms. The molecule has 2 N–H and O–H groups in total. The number of anilines is 1. The summed E-state index contributed by atoms with van der Waals surface area (Å²) in [5, 5.41) is 12.4. The van der Waals surface area contributed by atoms with E-state index < -0.39 is 17.8 Å². The lowest BCUT2D eigenvalue weighted by Gasteiger charge is -2.24. The van der Waals surface area contributed by atoms with Crippen molar-refractivity contribution in [2.75, 3.05) is 5.32 Å². The third-order valence-electron chi connectivity index (χ3n) is 3.27. The number of hydrogen-bond donors (Lipinski definition) is 2. The van der Waals surface area contributed by atoms with E-state index in [4.69, 9.17) is 16.7 Å². The molecule has 0 aromatic heterocycles. The third kappa shape index (κ3) is 3.41. The number of carboxylic acid groups (broad SMARTS) is 1. The van der Waals surface area contributed by atoms with E-state index in [0.29, 0.717) is 23.6 Å². The van der Waals surface area contributed by atoms with E-state index >= 15 is 0 Å². The lowest BCUT2D eigenvalue weighted by molar-refractivity contribution is -0.146. The van der Waals surface area contributed by atoms with Crippen LogP contribution in [-0.4, -0.2) is 17.0 Å². The van der Waals surface area contributed by atoms with Crippen molar-refractivity contribution in [1.29, 1.82) is 0 Å². The summed E-state index contributed by atoms with van der Waals surface area (Å²) in [7, 11) is 0. The van der Waals surface area contributed by atoms with Gasteiger partial charge in [0.2, 0.25) is 5.91 Å². The molecule has 106 valence electrons. The smallest absolute Gasteiger partial charge is 0.307 e. The Hall–Kier alpha value is -1.33. The average Bonchev–Trinajstić information content (AvgIpc) is 2.43. The number of hydrogen-bond acceptors (Lipinski definition) is 2. The van der Waals surface area contributed by atoms with Crippen LogP contribution in [0.1, 0.15) is 12.8 Å². The van der Waals surface area contributed by atoms with Gasteiger partial charge in [-0.05, 0) is 47.0 Å². The fraction of sp³-hybridized carbons (Fsp3) is 0.286. The maximum absolute atomic E-state index is 12.2. The summed E-state index contributed by atoms with van der Waals surface area (Å²) in [5.41, 5.74) is 0.557. The minimum absolute atomic E-state index is 0.292. The molecule has 6 heteroatoms. The Kier molecular flexibility index (Phi) is 4.83. The van der Waals surface area contributed by atoms with Gasteiger partial charge in [0.1, 0.15) is 0 Å². The first-order valence-electron chi connectivity index (χ1n) is 6.12. The molecule has 1 aromatic carbocycles. The molecule has 2 rings (SSSR count). The van der Waals surface area contributed by atoms with Gasteiger partial charge < -0.3 is 10.4 Å². The zero-order chi connectivity index (χ0) is 14.7. The zero-order valence-electron chi connectivity index (χ0n) is 10.5. The first-order valence-corrected chi connectivity index (χ1v) is 7.30. The number of allylic oxidation sites excluding steroid dienone is 2. The third-order valence-corrected chi connectivity index (χ3v) is 4.51. The molecule has 2 unspecified atom stereocenters. The number of halogens is 2. The summed E-state index contributed by atoms with van der Waals surface area (Å²) in [4.78, 5) is 23.4. The topological polar surface area (TPSA) is 66.4 Å². The minimum Gasteiger partial charge on any atom is -0.481 e. The number of carboxylic acids is 1. The van der Waals surface area contributed by atoms with Crippen LogP contribution in [0.5, 0.6) is 0 Å². The summed E-state index contributed by atoms with van der Waals surface area (Å²) in [6.07, 6.45) is 4.47. The summed E-state index contributed by atoms with van der Waals surface area (Å²) in [5.74, 6) is -2.46. The molecule has 0 saturated carbocycles. The lowest BCUT2D eigenvalue weighted by Crippen LogP contribution is -2.34. The molecule has 1 aromatic rings. The van der Waals surface area contributed by atoms with Gasteiger partial charge in [0.25, 0.3) is 0 Å². The van der Waals surface area contributed by atoms with Gasteiger partial charge in [0.05, 0.1) is 16.9 Å². The van der Waals surface area contributed by atoms with Crippen LogP contribution in [0.3, 0.4) is 0 Å². The van der Waals surface area contributed by atoms with E-state index in [-0.39, 0.29) is 5.91 Å². The van der Waals surface area contributed by atoms with E-state index in [1.54, 1.807) is 24.3 Å². The monoisotopic (exact) mass is 357 g/mol. The summed E-state index contributed by atoms with van der Waals surface area (Å²) < 4.78 is 0.737. The molecule has 1 aliphatic carbocycles. The van der Waals surface area contributed by atoms with E-state index in [0.717, 1.165) is 4.47 Å². The number of nitrogens with one attached hydrogen (secondary N) is 1. The first kappa shape index (κ1) is 15.1. The van der Waals surface area contributed by atoms with Crippen LogP contribution in [0.2, 0.25) is 5.02 Å². The van der Waals surface area contributed by atoms with Crippen molar-refractivity contribution in [2.24, 2.45) is 11.8 Å². The molecule has 0 spiro atoms. The molecule has 0 saturated heterocycles. The van der Waals surface area contributed by atoms with Crippen LogP contribution in [0, 0.1) is 11.8 Å². The normalized spacial score (nSPS) is 21.5. The number of benzene rings is 1. The minimum atomic E-state index is -0.941. The van der Waals surface area contributed by atoms with Gasteiger partial charge in [-0.25, -0.2) is 0 Å². The Morgan fingerprint density at radius 3 is 2.50 bits per heavy atom. The maximum atomic E-state index is 12.2. The number of carbonyl (C=O) groups is 2. The van der Waals surface area contributed by atoms with Gasteiger partial charge in [-0.3, -0.25) is 9.59 Å². The average molecular weight is 359 g/mol. The van der Waals surface area contributed by atoms with Crippen molar-refractivity contribution in [2.45, 2.75) is 12.8 Å². The quantitative estimate of drug-likeness (QED) is 0.810. The van der Waals surface area contributed by atoms with Gasteiger partial charge in [-0.2, -0.15) is 0 Å². The van der Waals surface area contributed by atoms with Crippen molar-refractivity contribution in [3.8, 4) is 0 Å². The highest BCUT2D eigenvalue weighted by Crippen LogP contribution is 2.29. The van der Waals surface area contributed by atoms with Crippen molar-refractivity contribution < 1.29 is 14.7 Å². The molecule has 2 atom stereocenters. The van der Waals surface area contributed by atoms with Crippen LogP contribution in [0.4, 0.5) is 5.69 Å². The number of aliphatic carboxylic acids is 1. The summed E-state index contributed by atoms with van der Waals surface area (Å²) in [6.45, 7) is 0. The van der Waals surface area contributed by atoms with Crippen molar-refractivity contribution in [3.63, 3.8) is 0 Å². The Balaban J connectivity index is 2.12. The van der Waals surface area contributed by atoms with E-state index in [1.807, 2.05) is 6.08 Å². The highest BCUT2D eigenvalue weighted by atomic mass is 79.9.